The molecular formula is C13H10BrIN2O. The molecule has 3 nitrogen and oxygen atoms in total. The van der Waals surface area contributed by atoms with E-state index in [0.717, 1.165) is 13.7 Å². The molecule has 0 radical (unpaired) electrons. The molecule has 1 aromatic heterocycles. The van der Waals surface area contributed by atoms with Crippen LogP contribution in [0.5, 0.6) is 0 Å². The predicted octanol–water partition coefficient (Wildman–Crippen LogP) is 4.01. The van der Waals surface area contributed by atoms with Crippen molar-refractivity contribution in [3.63, 3.8) is 0 Å². The summed E-state index contributed by atoms with van der Waals surface area (Å²) in [7, 11) is 0. The number of anilines is 1. The van der Waals surface area contributed by atoms with Gasteiger partial charge in [0.15, 0.2) is 0 Å². The Kier molecular flexibility index (Phi) is 4.34. The molecule has 18 heavy (non-hydrogen) atoms. The van der Waals surface area contributed by atoms with Crippen molar-refractivity contribution in [1.29, 1.82) is 0 Å². The van der Waals surface area contributed by atoms with Crippen LogP contribution in [0.2, 0.25) is 0 Å². The molecule has 0 spiro atoms. The lowest BCUT2D eigenvalue weighted by Crippen LogP contribution is -2.14. The van der Waals surface area contributed by atoms with E-state index in [1.165, 1.54) is 0 Å². The summed E-state index contributed by atoms with van der Waals surface area (Å²) < 4.78 is 1.71. The van der Waals surface area contributed by atoms with Gasteiger partial charge in [0.25, 0.3) is 5.91 Å². The van der Waals surface area contributed by atoms with E-state index < -0.39 is 0 Å². The second-order valence-electron chi connectivity index (χ2n) is 3.76. The number of carbonyl (C=O) groups excluding carboxylic acids is 1. The number of pyridine rings is 1. The quantitative estimate of drug-likeness (QED) is 0.593. The van der Waals surface area contributed by atoms with Crippen molar-refractivity contribution in [3.8, 4) is 0 Å². The highest BCUT2D eigenvalue weighted by Crippen LogP contribution is 2.18. The number of amides is 1. The van der Waals surface area contributed by atoms with Crippen LogP contribution in [-0.2, 0) is 0 Å². The van der Waals surface area contributed by atoms with E-state index in [0.29, 0.717) is 11.3 Å². The number of nitrogens with one attached hydrogen (secondary N) is 1. The molecule has 2 rings (SSSR count). The van der Waals surface area contributed by atoms with Crippen LogP contribution in [0.3, 0.4) is 0 Å². The number of halogens is 2. The summed E-state index contributed by atoms with van der Waals surface area (Å²) in [5.74, 6) is -0.118. The van der Waals surface area contributed by atoms with Crippen molar-refractivity contribution in [2.45, 2.75) is 6.92 Å². The Morgan fingerprint density at radius 1 is 1.33 bits per heavy atom. The summed E-state index contributed by atoms with van der Waals surface area (Å²) in [5, 5.41) is 2.83. The lowest BCUT2D eigenvalue weighted by atomic mass is 10.1. The van der Waals surface area contributed by atoms with E-state index in [2.05, 4.69) is 48.8 Å². The second-order valence-corrected chi connectivity index (χ2v) is 5.65. The van der Waals surface area contributed by atoms with Gasteiger partial charge < -0.3 is 5.32 Å². The number of nitrogens with zero attached hydrogens (tertiary/aromatic N) is 1. The molecule has 0 aliphatic rings. The Labute approximate surface area is 127 Å². The third kappa shape index (κ3) is 3.08. The van der Waals surface area contributed by atoms with Gasteiger partial charge in [-0.15, -0.1) is 0 Å². The van der Waals surface area contributed by atoms with Crippen molar-refractivity contribution < 1.29 is 4.79 Å². The highest BCUT2D eigenvalue weighted by molar-refractivity contribution is 14.1. The smallest absolute Gasteiger partial charge is 0.256 e. The maximum absolute atomic E-state index is 12.1. The summed E-state index contributed by atoms with van der Waals surface area (Å²) in [6.45, 7) is 1.99. The van der Waals surface area contributed by atoms with Gasteiger partial charge in [-0.25, -0.2) is 4.98 Å². The molecule has 0 bridgehead atoms. The van der Waals surface area contributed by atoms with Crippen molar-refractivity contribution in [2.24, 2.45) is 0 Å². The summed E-state index contributed by atoms with van der Waals surface area (Å²) in [6.07, 6.45) is 1.62. The molecule has 0 saturated heterocycles. The van der Waals surface area contributed by atoms with Gasteiger partial charge in [0.1, 0.15) is 4.60 Å². The zero-order valence-corrected chi connectivity index (χ0v) is 13.3. The molecule has 0 aliphatic carbocycles. The standard InChI is InChI=1S/C13H10BrIN2O/c1-8-3-2-4-10(12(8)15)13(18)17-9-5-6-11(14)16-7-9/h2-7H,1H3,(H,17,18). The van der Waals surface area contributed by atoms with Crippen molar-refractivity contribution in [1.82, 2.24) is 4.98 Å². The predicted molar refractivity (Wildman–Crippen MR) is 83.8 cm³/mol. The maximum Gasteiger partial charge on any atom is 0.256 e. The minimum atomic E-state index is -0.118. The van der Waals surface area contributed by atoms with Gasteiger partial charge in [0.2, 0.25) is 0 Å². The molecule has 0 aliphatic heterocycles. The van der Waals surface area contributed by atoms with Crippen LogP contribution in [0.25, 0.3) is 0 Å². The van der Waals surface area contributed by atoms with Gasteiger partial charge in [-0.1, -0.05) is 12.1 Å². The van der Waals surface area contributed by atoms with Gasteiger partial charge >= 0.3 is 0 Å². The monoisotopic (exact) mass is 416 g/mol. The Bertz CT molecular complexity index is 584. The lowest BCUT2D eigenvalue weighted by Gasteiger charge is -2.08. The van der Waals surface area contributed by atoms with E-state index in [1.54, 1.807) is 18.3 Å². The van der Waals surface area contributed by atoms with Crippen LogP contribution in [0, 0.1) is 10.5 Å². The average Bonchev–Trinajstić information content (AvgIpc) is 2.35. The highest BCUT2D eigenvalue weighted by atomic mass is 127. The van der Waals surface area contributed by atoms with Crippen LogP contribution >= 0.6 is 38.5 Å². The number of hydrogen-bond donors (Lipinski definition) is 1. The number of hydrogen-bond acceptors (Lipinski definition) is 2. The fourth-order valence-corrected chi connectivity index (χ4v) is 2.31. The van der Waals surface area contributed by atoms with Crippen molar-refractivity contribution in [2.75, 3.05) is 5.32 Å². The van der Waals surface area contributed by atoms with E-state index in [1.807, 2.05) is 25.1 Å². The molecule has 2 aromatic rings. The Balaban J connectivity index is 2.22. The summed E-state index contributed by atoms with van der Waals surface area (Å²) in [4.78, 5) is 16.2. The van der Waals surface area contributed by atoms with E-state index in [-0.39, 0.29) is 5.91 Å². The number of benzene rings is 1. The van der Waals surface area contributed by atoms with Crippen LogP contribution in [0.15, 0.2) is 41.1 Å². The molecule has 0 fully saturated rings. The first-order chi connectivity index (χ1) is 8.58. The zero-order valence-electron chi connectivity index (χ0n) is 9.58. The van der Waals surface area contributed by atoms with E-state index in [4.69, 9.17) is 0 Å². The first kappa shape index (κ1) is 13.5. The minimum Gasteiger partial charge on any atom is -0.321 e. The van der Waals surface area contributed by atoms with Gasteiger partial charge in [0, 0.05) is 3.57 Å². The summed E-state index contributed by atoms with van der Waals surface area (Å²) in [6, 6.07) is 9.27. The second kappa shape index (κ2) is 5.79. The maximum atomic E-state index is 12.1. The largest absolute Gasteiger partial charge is 0.321 e. The van der Waals surface area contributed by atoms with E-state index in [9.17, 15) is 4.79 Å². The van der Waals surface area contributed by atoms with Crippen LogP contribution < -0.4 is 5.32 Å². The van der Waals surface area contributed by atoms with Crippen molar-refractivity contribution >= 4 is 50.1 Å². The van der Waals surface area contributed by atoms with Gasteiger partial charge in [0.05, 0.1) is 17.4 Å². The summed E-state index contributed by atoms with van der Waals surface area (Å²) >= 11 is 5.44. The average molecular weight is 417 g/mol. The van der Waals surface area contributed by atoms with Crippen molar-refractivity contribution in [3.05, 3.63) is 55.8 Å². The Hall–Kier alpha value is -0.950. The van der Waals surface area contributed by atoms with Crippen LogP contribution in [0.4, 0.5) is 5.69 Å². The van der Waals surface area contributed by atoms with Gasteiger partial charge in [-0.05, 0) is 69.2 Å². The molecule has 5 heteroatoms. The first-order valence-electron chi connectivity index (χ1n) is 5.26. The fraction of sp³-hybridized carbons (Fsp3) is 0.0769. The van der Waals surface area contributed by atoms with Crippen LogP contribution in [0.1, 0.15) is 15.9 Å². The molecule has 1 amide bonds. The third-order valence-electron chi connectivity index (χ3n) is 2.42. The Morgan fingerprint density at radius 2 is 2.11 bits per heavy atom. The van der Waals surface area contributed by atoms with Crippen LogP contribution in [-0.4, -0.2) is 10.9 Å². The normalized spacial score (nSPS) is 10.2. The fourth-order valence-electron chi connectivity index (χ4n) is 1.47. The molecule has 0 atom stereocenters. The van der Waals surface area contributed by atoms with Gasteiger partial charge in [-0.3, -0.25) is 4.79 Å². The molecule has 1 aromatic carbocycles. The van der Waals surface area contributed by atoms with E-state index >= 15 is 0 Å². The Morgan fingerprint density at radius 3 is 2.78 bits per heavy atom. The summed E-state index contributed by atoms with van der Waals surface area (Å²) in [5.41, 5.74) is 2.45. The first-order valence-corrected chi connectivity index (χ1v) is 7.13. The molecular weight excluding hydrogens is 407 g/mol. The molecule has 1 N–H and O–H groups in total. The van der Waals surface area contributed by atoms with Gasteiger partial charge in [-0.2, -0.15) is 0 Å². The topological polar surface area (TPSA) is 42.0 Å². The molecule has 0 saturated carbocycles. The number of rotatable bonds is 2. The molecule has 1 heterocycles. The molecule has 0 unspecified atom stereocenters. The number of aromatic nitrogens is 1. The lowest BCUT2D eigenvalue weighted by molar-refractivity contribution is 0.102. The number of aryl methyl sites for hydroxylation is 1. The molecule has 92 valence electrons. The highest BCUT2D eigenvalue weighted by Gasteiger charge is 2.11. The number of carbonyl (C=O) groups is 1. The SMILES string of the molecule is Cc1cccc(C(=O)Nc2ccc(Br)nc2)c1I. The zero-order chi connectivity index (χ0) is 13.1. The minimum absolute atomic E-state index is 0.118. The third-order valence-corrected chi connectivity index (χ3v) is 4.32.